The van der Waals surface area contributed by atoms with Gasteiger partial charge in [-0.15, -0.1) is 5.10 Å². The molecule has 2 aromatic heterocycles. The van der Waals surface area contributed by atoms with E-state index >= 15 is 0 Å². The van der Waals surface area contributed by atoms with Gasteiger partial charge in [-0.05, 0) is 43.1 Å². The Kier molecular flexibility index (Phi) is 6.14. The van der Waals surface area contributed by atoms with E-state index in [2.05, 4.69) is 40.7 Å². The van der Waals surface area contributed by atoms with Gasteiger partial charge in [-0.3, -0.25) is 0 Å². The molecule has 0 spiro atoms. The van der Waals surface area contributed by atoms with E-state index in [0.29, 0.717) is 29.2 Å². The van der Waals surface area contributed by atoms with Gasteiger partial charge in [-0.1, -0.05) is 30.0 Å². The third-order valence-electron chi connectivity index (χ3n) is 3.68. The predicted molar refractivity (Wildman–Crippen MR) is 105 cm³/mol. The van der Waals surface area contributed by atoms with E-state index in [0.717, 1.165) is 17.8 Å². The molecular weight excluding hydrogens is 364 g/mol. The number of benzene rings is 1. The van der Waals surface area contributed by atoms with E-state index in [1.54, 1.807) is 4.68 Å². The summed E-state index contributed by atoms with van der Waals surface area (Å²) in [6.45, 7) is 3.57. The number of nitrogens with two attached hydrogens (primary N) is 1. The number of tetrazole rings is 1. The molecule has 0 aliphatic carbocycles. The number of likely N-dealkylation sites (N-methyl/N-ethyl adjacent to an activating group) is 1. The van der Waals surface area contributed by atoms with Gasteiger partial charge in [0.05, 0.1) is 12.3 Å². The van der Waals surface area contributed by atoms with Crippen LogP contribution < -0.4 is 11.1 Å². The van der Waals surface area contributed by atoms with Crippen LogP contribution in [0, 0.1) is 6.92 Å². The van der Waals surface area contributed by atoms with E-state index in [1.165, 1.54) is 11.8 Å². The van der Waals surface area contributed by atoms with Gasteiger partial charge in [0.25, 0.3) is 0 Å². The zero-order chi connectivity index (χ0) is 19.2. The minimum atomic E-state index is 0.170. The summed E-state index contributed by atoms with van der Waals surface area (Å²) in [6.07, 6.45) is 0. The molecule has 2 heterocycles. The minimum Gasteiger partial charge on any atom is -0.368 e. The molecule has 11 heteroatoms. The summed E-state index contributed by atoms with van der Waals surface area (Å²) in [6, 6.07) is 7.90. The zero-order valence-corrected chi connectivity index (χ0v) is 16.3. The monoisotopic (exact) mass is 386 g/mol. The fourth-order valence-corrected chi connectivity index (χ4v) is 3.01. The standard InChI is InChI=1S/C16H22N10S/c1-11-6-4-5-7-12(11)18-15-20-13(19-14(17)21-15)10-27-16-22-23-24-26(16)9-8-25(2)3/h4-7H,8-10H2,1-3H3,(H3,17,18,19,20,21). The van der Waals surface area contributed by atoms with Crippen LogP contribution in [0.3, 0.4) is 0 Å². The summed E-state index contributed by atoms with van der Waals surface area (Å²) < 4.78 is 1.77. The second kappa shape index (κ2) is 8.73. The Morgan fingerprint density at radius 2 is 2.00 bits per heavy atom. The molecule has 0 aliphatic rings. The molecule has 142 valence electrons. The molecular formula is C16H22N10S. The first-order valence-electron chi connectivity index (χ1n) is 8.38. The Labute approximate surface area is 161 Å². The summed E-state index contributed by atoms with van der Waals surface area (Å²) in [5.41, 5.74) is 7.86. The first kappa shape index (κ1) is 19.0. The smallest absolute Gasteiger partial charge is 0.232 e. The number of aryl methyl sites for hydroxylation is 1. The molecule has 0 unspecified atom stereocenters. The molecule has 0 bridgehead atoms. The highest BCUT2D eigenvalue weighted by atomic mass is 32.2. The third kappa shape index (κ3) is 5.34. The summed E-state index contributed by atoms with van der Waals surface area (Å²) in [5, 5.41) is 15.7. The fraction of sp³-hybridized carbons (Fsp3) is 0.375. The van der Waals surface area contributed by atoms with Crippen molar-refractivity contribution in [3.63, 3.8) is 0 Å². The number of hydrogen-bond donors (Lipinski definition) is 2. The highest BCUT2D eigenvalue weighted by Crippen LogP contribution is 2.21. The number of rotatable bonds is 8. The first-order valence-corrected chi connectivity index (χ1v) is 9.36. The summed E-state index contributed by atoms with van der Waals surface area (Å²) in [5.74, 6) is 1.63. The molecule has 0 radical (unpaired) electrons. The highest BCUT2D eigenvalue weighted by Gasteiger charge is 2.11. The second-order valence-corrected chi connectivity index (χ2v) is 7.09. The highest BCUT2D eigenvalue weighted by molar-refractivity contribution is 7.98. The molecule has 3 N–H and O–H groups in total. The van der Waals surface area contributed by atoms with Crippen molar-refractivity contribution in [2.24, 2.45) is 0 Å². The van der Waals surface area contributed by atoms with E-state index in [9.17, 15) is 0 Å². The Balaban J connectivity index is 1.68. The normalized spacial score (nSPS) is 11.1. The lowest BCUT2D eigenvalue weighted by molar-refractivity contribution is 0.361. The summed E-state index contributed by atoms with van der Waals surface area (Å²) >= 11 is 1.46. The van der Waals surface area contributed by atoms with Crippen LogP contribution in [0.5, 0.6) is 0 Å². The van der Waals surface area contributed by atoms with Crippen molar-refractivity contribution in [1.29, 1.82) is 0 Å². The number of hydrogen-bond acceptors (Lipinski definition) is 10. The maximum absolute atomic E-state index is 5.85. The molecule has 0 saturated carbocycles. The largest absolute Gasteiger partial charge is 0.368 e. The van der Waals surface area contributed by atoms with E-state index in [1.807, 2.05) is 45.3 Å². The van der Waals surface area contributed by atoms with Crippen LogP contribution in [-0.4, -0.2) is 60.7 Å². The SMILES string of the molecule is Cc1ccccc1Nc1nc(N)nc(CSc2nnnn2CCN(C)C)n1. The lowest BCUT2D eigenvalue weighted by Gasteiger charge is -2.10. The Bertz CT molecular complexity index is 894. The van der Waals surface area contributed by atoms with Gasteiger partial charge in [0.2, 0.25) is 17.1 Å². The van der Waals surface area contributed by atoms with Crippen molar-refractivity contribution in [1.82, 2.24) is 40.1 Å². The number of anilines is 3. The van der Waals surface area contributed by atoms with E-state index < -0.39 is 0 Å². The third-order valence-corrected chi connectivity index (χ3v) is 4.63. The van der Waals surface area contributed by atoms with Gasteiger partial charge >= 0.3 is 0 Å². The van der Waals surface area contributed by atoms with Crippen molar-refractivity contribution in [2.45, 2.75) is 24.4 Å². The van der Waals surface area contributed by atoms with Crippen molar-refractivity contribution in [2.75, 3.05) is 31.7 Å². The fourth-order valence-electron chi connectivity index (χ4n) is 2.26. The number of aromatic nitrogens is 7. The molecule has 0 aliphatic heterocycles. The summed E-state index contributed by atoms with van der Waals surface area (Å²) in [7, 11) is 4.02. The van der Waals surface area contributed by atoms with Gasteiger partial charge in [0, 0.05) is 12.2 Å². The van der Waals surface area contributed by atoms with Gasteiger partial charge in [0.1, 0.15) is 5.82 Å². The topological polar surface area (TPSA) is 124 Å². The Morgan fingerprint density at radius 3 is 2.78 bits per heavy atom. The Morgan fingerprint density at radius 1 is 1.19 bits per heavy atom. The van der Waals surface area contributed by atoms with Crippen LogP contribution in [0.4, 0.5) is 17.6 Å². The maximum atomic E-state index is 5.85. The van der Waals surface area contributed by atoms with Crippen LogP contribution >= 0.6 is 11.8 Å². The molecule has 0 atom stereocenters. The molecule has 0 amide bonds. The average molecular weight is 386 g/mol. The number of para-hydroxylation sites is 1. The molecule has 3 aromatic rings. The van der Waals surface area contributed by atoms with Crippen molar-refractivity contribution in [3.8, 4) is 0 Å². The molecule has 10 nitrogen and oxygen atoms in total. The summed E-state index contributed by atoms with van der Waals surface area (Å²) in [4.78, 5) is 14.9. The average Bonchev–Trinajstić information content (AvgIpc) is 3.07. The van der Waals surface area contributed by atoms with Crippen LogP contribution in [0.25, 0.3) is 0 Å². The first-order chi connectivity index (χ1) is 13.0. The van der Waals surface area contributed by atoms with Crippen LogP contribution in [-0.2, 0) is 12.3 Å². The van der Waals surface area contributed by atoms with E-state index in [4.69, 9.17) is 5.73 Å². The van der Waals surface area contributed by atoms with Crippen LogP contribution in [0.1, 0.15) is 11.4 Å². The van der Waals surface area contributed by atoms with Gasteiger partial charge < -0.3 is 16.0 Å². The van der Waals surface area contributed by atoms with Crippen molar-refractivity contribution >= 4 is 29.3 Å². The number of nitrogens with zero attached hydrogens (tertiary/aromatic N) is 8. The van der Waals surface area contributed by atoms with Gasteiger partial charge in [-0.25, -0.2) is 4.68 Å². The number of nitrogen functional groups attached to an aromatic ring is 1. The lowest BCUT2D eigenvalue weighted by Crippen LogP contribution is -2.19. The lowest BCUT2D eigenvalue weighted by atomic mass is 10.2. The zero-order valence-electron chi connectivity index (χ0n) is 15.5. The predicted octanol–water partition coefficient (Wildman–Crippen LogP) is 1.35. The van der Waals surface area contributed by atoms with Crippen LogP contribution in [0.2, 0.25) is 0 Å². The molecule has 1 aromatic carbocycles. The Hall–Kier alpha value is -2.79. The maximum Gasteiger partial charge on any atom is 0.232 e. The molecule has 27 heavy (non-hydrogen) atoms. The second-order valence-electron chi connectivity index (χ2n) is 6.15. The minimum absolute atomic E-state index is 0.170. The molecule has 3 rings (SSSR count). The van der Waals surface area contributed by atoms with Gasteiger partial charge in [0.15, 0.2) is 0 Å². The number of nitrogens with one attached hydrogen (secondary N) is 1. The van der Waals surface area contributed by atoms with Crippen molar-refractivity contribution in [3.05, 3.63) is 35.7 Å². The molecule has 0 fully saturated rings. The quantitative estimate of drug-likeness (QED) is 0.548. The van der Waals surface area contributed by atoms with E-state index in [-0.39, 0.29) is 5.95 Å². The van der Waals surface area contributed by atoms with Crippen molar-refractivity contribution < 1.29 is 0 Å². The number of thioether (sulfide) groups is 1. The van der Waals surface area contributed by atoms with Crippen LogP contribution in [0.15, 0.2) is 29.4 Å². The molecule has 0 saturated heterocycles. The van der Waals surface area contributed by atoms with Gasteiger partial charge in [-0.2, -0.15) is 15.0 Å².